The number of imide groups is 1. The van der Waals surface area contributed by atoms with Crippen molar-refractivity contribution in [3.05, 3.63) is 101 Å². The molecule has 3 aromatic carbocycles. The van der Waals surface area contributed by atoms with E-state index in [-0.39, 0.29) is 48.8 Å². The van der Waals surface area contributed by atoms with Crippen LogP contribution in [0.15, 0.2) is 60.8 Å². The van der Waals surface area contributed by atoms with Crippen LogP contribution in [0, 0.1) is 23.0 Å². The molecule has 7 rings (SSSR count). The zero-order valence-corrected chi connectivity index (χ0v) is 23.9. The molecule has 4 aromatic rings. The lowest BCUT2D eigenvalue weighted by Gasteiger charge is -2.30. The normalized spacial score (nSPS) is 17.5. The Hall–Kier alpha value is -5.57. The number of nitriles is 1. The predicted molar refractivity (Wildman–Crippen MR) is 157 cm³/mol. The Balaban J connectivity index is 1.04. The van der Waals surface area contributed by atoms with E-state index in [1.807, 2.05) is 35.2 Å². The van der Waals surface area contributed by atoms with Gasteiger partial charge in [-0.05, 0) is 41.8 Å². The number of benzene rings is 3. The highest BCUT2D eigenvalue weighted by Crippen LogP contribution is 2.35. The highest BCUT2D eigenvalue weighted by atomic mass is 19.1. The van der Waals surface area contributed by atoms with E-state index >= 15 is 0 Å². The van der Waals surface area contributed by atoms with Crippen LogP contribution >= 0.6 is 0 Å². The zero-order chi connectivity index (χ0) is 31.2. The van der Waals surface area contributed by atoms with Crippen LogP contribution in [-0.4, -0.2) is 44.8 Å². The third-order valence-electron chi connectivity index (χ3n) is 8.51. The number of ether oxygens (including phenoxy) is 1. The first-order valence-corrected chi connectivity index (χ1v) is 14.5. The van der Waals surface area contributed by atoms with E-state index in [4.69, 9.17) is 10.00 Å². The Bertz CT molecular complexity index is 1920. The largest absolute Gasteiger partial charge is 0.488 e. The summed E-state index contributed by atoms with van der Waals surface area (Å²) in [5, 5.41) is 11.3. The number of rotatable bonds is 6. The summed E-state index contributed by atoms with van der Waals surface area (Å²) in [7, 11) is 0. The minimum absolute atomic E-state index is 0.0799. The van der Waals surface area contributed by atoms with Gasteiger partial charge in [0.2, 0.25) is 11.8 Å². The molecule has 12 heteroatoms. The Morgan fingerprint density at radius 1 is 1.02 bits per heavy atom. The van der Waals surface area contributed by atoms with Crippen molar-refractivity contribution in [3.63, 3.8) is 0 Å². The molecule has 3 aliphatic rings. The number of anilines is 1. The van der Waals surface area contributed by atoms with E-state index in [1.165, 1.54) is 17.0 Å². The summed E-state index contributed by atoms with van der Waals surface area (Å²) in [5.41, 5.74) is 4.05. The number of hydrogen-bond donors (Lipinski definition) is 1. The third kappa shape index (κ3) is 5.16. The van der Waals surface area contributed by atoms with Crippen LogP contribution in [0.4, 0.5) is 14.5 Å². The van der Waals surface area contributed by atoms with E-state index in [2.05, 4.69) is 14.9 Å². The number of hydrogen-bond acceptors (Lipinski definition) is 7. The highest BCUT2D eigenvalue weighted by molar-refractivity contribution is 6.05. The number of halogens is 2. The molecule has 0 spiro atoms. The summed E-state index contributed by atoms with van der Waals surface area (Å²) >= 11 is 0. The average molecular weight is 609 g/mol. The first-order chi connectivity index (χ1) is 21.8. The Labute approximate surface area is 256 Å². The molecule has 0 aliphatic carbocycles. The Morgan fingerprint density at radius 2 is 1.84 bits per heavy atom. The molecule has 3 aliphatic heterocycles. The van der Waals surface area contributed by atoms with Crippen molar-refractivity contribution in [1.29, 1.82) is 5.26 Å². The SMILES string of the molecule is N#Cc1ccc(N2CCn3c(-c4ccc(COc5cc(F)cc6c5CN([C@H]5CCC(=O)NC5=O)C6=O)cc4)cnc3C2)c(F)c1. The minimum Gasteiger partial charge on any atom is -0.488 e. The van der Waals surface area contributed by atoms with E-state index in [0.717, 1.165) is 28.7 Å². The molecule has 1 saturated heterocycles. The van der Waals surface area contributed by atoms with Crippen LogP contribution in [-0.2, 0) is 35.8 Å². The molecule has 0 radical (unpaired) electrons. The van der Waals surface area contributed by atoms with E-state index in [1.54, 1.807) is 18.3 Å². The lowest BCUT2D eigenvalue weighted by atomic mass is 10.0. The van der Waals surface area contributed by atoms with Gasteiger partial charge in [-0.15, -0.1) is 0 Å². The summed E-state index contributed by atoms with van der Waals surface area (Å²) in [5.74, 6) is -1.41. The molecule has 1 fully saturated rings. The molecule has 1 aromatic heterocycles. The van der Waals surface area contributed by atoms with Gasteiger partial charge in [0, 0.05) is 31.1 Å². The van der Waals surface area contributed by atoms with Crippen molar-refractivity contribution in [2.45, 2.75) is 45.1 Å². The molecule has 3 amide bonds. The minimum atomic E-state index is -0.805. The fourth-order valence-electron chi connectivity index (χ4n) is 6.18. The summed E-state index contributed by atoms with van der Waals surface area (Å²) in [6, 6.07) is 15.7. The number of nitrogens with zero attached hydrogens (tertiary/aromatic N) is 5. The molecule has 226 valence electrons. The molecule has 10 nitrogen and oxygen atoms in total. The molecule has 0 saturated carbocycles. The fraction of sp³-hybridized carbons (Fsp3) is 0.242. The van der Waals surface area contributed by atoms with Gasteiger partial charge in [-0.2, -0.15) is 5.26 Å². The number of carbonyl (C=O) groups excluding carboxylic acids is 3. The van der Waals surface area contributed by atoms with Crippen LogP contribution in [0.1, 0.15) is 45.7 Å². The lowest BCUT2D eigenvalue weighted by Crippen LogP contribution is -2.52. The quantitative estimate of drug-likeness (QED) is 0.328. The molecule has 0 bridgehead atoms. The molecular weight excluding hydrogens is 582 g/mol. The van der Waals surface area contributed by atoms with Gasteiger partial charge in [0.1, 0.15) is 35.9 Å². The summed E-state index contributed by atoms with van der Waals surface area (Å²) in [6.07, 6.45) is 2.13. The van der Waals surface area contributed by atoms with Crippen LogP contribution in [0.5, 0.6) is 5.75 Å². The van der Waals surface area contributed by atoms with E-state index < -0.39 is 29.5 Å². The predicted octanol–water partition coefficient (Wildman–Crippen LogP) is 4.06. The first kappa shape index (κ1) is 28.2. The number of aromatic nitrogens is 2. The fourth-order valence-corrected chi connectivity index (χ4v) is 6.18. The summed E-state index contributed by atoms with van der Waals surface area (Å²) < 4.78 is 37.2. The first-order valence-electron chi connectivity index (χ1n) is 14.5. The van der Waals surface area contributed by atoms with Crippen molar-refractivity contribution in [1.82, 2.24) is 19.8 Å². The number of nitrogens with one attached hydrogen (secondary N) is 1. The number of carbonyl (C=O) groups is 3. The number of imidazole rings is 1. The number of piperidine rings is 1. The average Bonchev–Trinajstić information content (AvgIpc) is 3.60. The van der Waals surface area contributed by atoms with Gasteiger partial charge in [-0.25, -0.2) is 13.8 Å². The topological polar surface area (TPSA) is 121 Å². The molecule has 45 heavy (non-hydrogen) atoms. The lowest BCUT2D eigenvalue weighted by molar-refractivity contribution is -0.136. The molecule has 0 unspecified atom stereocenters. The zero-order valence-electron chi connectivity index (χ0n) is 23.9. The second-order valence-electron chi connectivity index (χ2n) is 11.2. The number of amides is 3. The van der Waals surface area contributed by atoms with Crippen LogP contribution in [0.25, 0.3) is 11.3 Å². The molecular formula is C33H26F2N6O4. The third-order valence-corrected chi connectivity index (χ3v) is 8.51. The summed E-state index contributed by atoms with van der Waals surface area (Å²) in [4.78, 5) is 44.9. The second-order valence-corrected chi connectivity index (χ2v) is 11.2. The van der Waals surface area contributed by atoms with Crippen molar-refractivity contribution in [3.8, 4) is 23.1 Å². The molecule has 4 heterocycles. The Morgan fingerprint density at radius 3 is 2.60 bits per heavy atom. The van der Waals surface area contributed by atoms with Crippen molar-refractivity contribution in [2.75, 3.05) is 11.4 Å². The number of fused-ring (bicyclic) bond motifs is 2. The van der Waals surface area contributed by atoms with Gasteiger partial charge < -0.3 is 19.1 Å². The van der Waals surface area contributed by atoms with Gasteiger partial charge in [-0.3, -0.25) is 19.7 Å². The van der Waals surface area contributed by atoms with Crippen molar-refractivity contribution < 1.29 is 27.9 Å². The van der Waals surface area contributed by atoms with E-state index in [9.17, 15) is 23.2 Å². The maximum Gasteiger partial charge on any atom is 0.255 e. The van der Waals surface area contributed by atoms with Crippen LogP contribution < -0.4 is 15.0 Å². The maximum absolute atomic E-state index is 14.6. The van der Waals surface area contributed by atoms with Gasteiger partial charge >= 0.3 is 0 Å². The Kier molecular flexibility index (Phi) is 7.00. The van der Waals surface area contributed by atoms with Gasteiger partial charge in [0.15, 0.2) is 0 Å². The highest BCUT2D eigenvalue weighted by Gasteiger charge is 2.40. The molecule has 1 atom stereocenters. The smallest absolute Gasteiger partial charge is 0.255 e. The monoisotopic (exact) mass is 608 g/mol. The van der Waals surface area contributed by atoms with Crippen LogP contribution in [0.2, 0.25) is 0 Å². The van der Waals surface area contributed by atoms with Gasteiger partial charge in [-0.1, -0.05) is 24.3 Å². The maximum atomic E-state index is 14.6. The standard InChI is InChI=1S/C33H26F2N6O4/c34-22-12-23-24(16-41(33(23)44)27-7-8-31(42)38-32(27)43)29(13-22)45-18-19-1-4-21(5-2-19)28-15-37-30-17-39(9-10-40(28)30)26-6-3-20(14-36)11-25(26)35/h1-6,11-13,15,27H,7-10,16-18H2,(H,38,42,43)/t27-/m0/s1. The van der Waals surface area contributed by atoms with Gasteiger partial charge in [0.05, 0.1) is 47.9 Å². The van der Waals surface area contributed by atoms with Crippen molar-refractivity contribution in [2.24, 2.45) is 0 Å². The van der Waals surface area contributed by atoms with Crippen LogP contribution in [0.3, 0.4) is 0 Å². The second kappa shape index (κ2) is 11.2. The summed E-state index contributed by atoms with van der Waals surface area (Å²) in [6.45, 7) is 1.81. The van der Waals surface area contributed by atoms with Gasteiger partial charge in [0.25, 0.3) is 5.91 Å². The van der Waals surface area contributed by atoms with E-state index in [0.29, 0.717) is 30.9 Å². The van der Waals surface area contributed by atoms with Crippen molar-refractivity contribution >= 4 is 23.4 Å². The molecule has 1 N–H and O–H groups in total.